The van der Waals surface area contributed by atoms with Gasteiger partial charge in [-0.2, -0.15) is 0 Å². The van der Waals surface area contributed by atoms with E-state index in [0.29, 0.717) is 11.0 Å². The van der Waals surface area contributed by atoms with Gasteiger partial charge in [-0.05, 0) is 26.8 Å². The number of anilines is 1. The molecule has 2 heterocycles. The summed E-state index contributed by atoms with van der Waals surface area (Å²) in [6.07, 6.45) is 2.12. The lowest BCUT2D eigenvalue weighted by Crippen LogP contribution is -2.27. The number of carbonyl (C=O) groups excluding carboxylic acids is 1. The standard InChI is InChI=1S/C13H14N2O5/c1-13(2,3)20-12(18)15-9-7-6-14-5-4-8(7)19-10(9)11(16)17/h4-6H,1-3H3,(H,15,18)(H,16,17). The van der Waals surface area contributed by atoms with Gasteiger partial charge in [0, 0.05) is 12.4 Å². The highest BCUT2D eigenvalue weighted by atomic mass is 16.6. The molecule has 0 bridgehead atoms. The number of carbonyl (C=O) groups is 2. The first-order valence-electron chi connectivity index (χ1n) is 5.88. The van der Waals surface area contributed by atoms with E-state index < -0.39 is 17.7 Å². The average Bonchev–Trinajstić information content (AvgIpc) is 2.66. The molecule has 0 saturated heterocycles. The first kappa shape index (κ1) is 13.9. The van der Waals surface area contributed by atoms with Crippen LogP contribution in [0.5, 0.6) is 0 Å². The van der Waals surface area contributed by atoms with E-state index in [1.54, 1.807) is 20.8 Å². The second-order valence-corrected chi connectivity index (χ2v) is 5.11. The van der Waals surface area contributed by atoms with E-state index in [1.807, 2.05) is 0 Å². The fourth-order valence-corrected chi connectivity index (χ4v) is 1.62. The summed E-state index contributed by atoms with van der Waals surface area (Å²) in [5.41, 5.74) is -0.330. The Balaban J connectivity index is 2.39. The molecule has 2 rings (SSSR count). The highest BCUT2D eigenvalue weighted by Crippen LogP contribution is 2.30. The fourth-order valence-electron chi connectivity index (χ4n) is 1.62. The number of amides is 1. The van der Waals surface area contributed by atoms with Crippen molar-refractivity contribution in [2.24, 2.45) is 0 Å². The van der Waals surface area contributed by atoms with Crippen molar-refractivity contribution in [3.05, 3.63) is 24.2 Å². The van der Waals surface area contributed by atoms with Crippen LogP contribution in [0.15, 0.2) is 22.9 Å². The largest absolute Gasteiger partial charge is 0.475 e. The monoisotopic (exact) mass is 278 g/mol. The lowest BCUT2D eigenvalue weighted by molar-refractivity contribution is 0.0635. The summed E-state index contributed by atoms with van der Waals surface area (Å²) < 4.78 is 10.3. The molecule has 0 unspecified atom stereocenters. The van der Waals surface area contributed by atoms with E-state index in [0.717, 1.165) is 0 Å². The highest BCUT2D eigenvalue weighted by molar-refractivity contribution is 6.07. The third-order valence-electron chi connectivity index (χ3n) is 2.31. The van der Waals surface area contributed by atoms with Gasteiger partial charge in [-0.15, -0.1) is 0 Å². The maximum absolute atomic E-state index is 11.8. The second kappa shape index (κ2) is 4.84. The van der Waals surface area contributed by atoms with E-state index in [4.69, 9.17) is 14.3 Å². The molecular formula is C13H14N2O5. The van der Waals surface area contributed by atoms with Crippen LogP contribution in [0, 0.1) is 0 Å². The molecule has 0 radical (unpaired) electrons. The molecule has 2 aromatic heterocycles. The molecule has 1 amide bonds. The Kier molecular flexibility index (Phi) is 3.35. The van der Waals surface area contributed by atoms with E-state index in [9.17, 15) is 9.59 Å². The Morgan fingerprint density at radius 3 is 2.70 bits per heavy atom. The number of aromatic nitrogens is 1. The number of hydrogen-bond acceptors (Lipinski definition) is 5. The van der Waals surface area contributed by atoms with Gasteiger partial charge in [0.1, 0.15) is 16.9 Å². The van der Waals surface area contributed by atoms with Gasteiger partial charge in [-0.25, -0.2) is 9.59 Å². The molecule has 7 nitrogen and oxygen atoms in total. The van der Waals surface area contributed by atoms with Gasteiger partial charge in [-0.3, -0.25) is 10.3 Å². The minimum Gasteiger partial charge on any atom is -0.475 e. The minimum atomic E-state index is -1.28. The summed E-state index contributed by atoms with van der Waals surface area (Å²) in [7, 11) is 0. The van der Waals surface area contributed by atoms with Crippen LogP contribution in [-0.4, -0.2) is 27.8 Å². The zero-order valence-electron chi connectivity index (χ0n) is 11.3. The molecule has 0 fully saturated rings. The molecule has 0 spiro atoms. The summed E-state index contributed by atoms with van der Waals surface area (Å²) in [4.78, 5) is 26.8. The number of carboxylic acids is 1. The van der Waals surface area contributed by atoms with Crippen LogP contribution < -0.4 is 5.32 Å². The summed E-state index contributed by atoms with van der Waals surface area (Å²) in [5, 5.41) is 11.9. The molecule has 0 aromatic carbocycles. The normalized spacial score (nSPS) is 11.3. The molecule has 0 aliphatic heterocycles. The van der Waals surface area contributed by atoms with Crippen molar-refractivity contribution in [3.8, 4) is 0 Å². The van der Waals surface area contributed by atoms with Crippen LogP contribution in [0.3, 0.4) is 0 Å². The lowest BCUT2D eigenvalue weighted by atomic mass is 10.2. The Labute approximate surface area is 114 Å². The lowest BCUT2D eigenvalue weighted by Gasteiger charge is -2.19. The number of nitrogens with one attached hydrogen (secondary N) is 1. The van der Waals surface area contributed by atoms with Gasteiger partial charge in [0.25, 0.3) is 0 Å². The number of ether oxygens (including phenoxy) is 1. The van der Waals surface area contributed by atoms with Crippen LogP contribution in [0.1, 0.15) is 31.3 Å². The van der Waals surface area contributed by atoms with Crippen LogP contribution in [0.4, 0.5) is 10.5 Å². The van der Waals surface area contributed by atoms with Crippen LogP contribution in [0.2, 0.25) is 0 Å². The van der Waals surface area contributed by atoms with Crippen molar-refractivity contribution in [2.45, 2.75) is 26.4 Å². The Hall–Kier alpha value is -2.57. The van der Waals surface area contributed by atoms with Crippen LogP contribution in [0.25, 0.3) is 11.0 Å². The van der Waals surface area contributed by atoms with E-state index in [2.05, 4.69) is 10.3 Å². The SMILES string of the molecule is CC(C)(C)OC(=O)Nc1c(C(=O)O)oc2ccncc12. The molecule has 0 atom stereocenters. The van der Waals surface area contributed by atoms with E-state index >= 15 is 0 Å². The van der Waals surface area contributed by atoms with Gasteiger partial charge in [-0.1, -0.05) is 0 Å². The summed E-state index contributed by atoms with van der Waals surface area (Å²) in [6, 6.07) is 1.52. The predicted molar refractivity (Wildman–Crippen MR) is 70.8 cm³/mol. The molecule has 0 aliphatic rings. The Bertz CT molecular complexity index is 669. The molecule has 2 N–H and O–H groups in total. The maximum atomic E-state index is 11.8. The zero-order chi connectivity index (χ0) is 14.9. The highest BCUT2D eigenvalue weighted by Gasteiger charge is 2.24. The minimum absolute atomic E-state index is 0.0369. The summed E-state index contributed by atoms with van der Waals surface area (Å²) in [5.74, 6) is -1.65. The third kappa shape index (κ3) is 2.87. The van der Waals surface area contributed by atoms with Crippen molar-refractivity contribution >= 4 is 28.7 Å². The van der Waals surface area contributed by atoms with Gasteiger partial charge in [0.2, 0.25) is 5.76 Å². The van der Waals surface area contributed by atoms with Crippen molar-refractivity contribution in [1.29, 1.82) is 0 Å². The predicted octanol–water partition coefficient (Wildman–Crippen LogP) is 2.87. The number of aromatic carboxylic acids is 1. The topological polar surface area (TPSA) is 102 Å². The van der Waals surface area contributed by atoms with Crippen LogP contribution in [-0.2, 0) is 4.74 Å². The van der Waals surface area contributed by atoms with Crippen molar-refractivity contribution in [2.75, 3.05) is 5.32 Å². The second-order valence-electron chi connectivity index (χ2n) is 5.11. The smallest absolute Gasteiger partial charge is 0.412 e. The average molecular weight is 278 g/mol. The first-order chi connectivity index (χ1) is 9.28. The molecule has 20 heavy (non-hydrogen) atoms. The number of rotatable bonds is 2. The summed E-state index contributed by atoms with van der Waals surface area (Å²) >= 11 is 0. The molecule has 0 saturated carbocycles. The number of fused-ring (bicyclic) bond motifs is 1. The number of hydrogen-bond donors (Lipinski definition) is 2. The van der Waals surface area contributed by atoms with Crippen LogP contribution >= 0.6 is 0 Å². The van der Waals surface area contributed by atoms with E-state index in [-0.39, 0.29) is 11.4 Å². The first-order valence-corrected chi connectivity index (χ1v) is 5.88. The van der Waals surface area contributed by atoms with Gasteiger partial charge in [0.05, 0.1) is 5.39 Å². The van der Waals surface area contributed by atoms with Crippen molar-refractivity contribution < 1.29 is 23.8 Å². The maximum Gasteiger partial charge on any atom is 0.412 e. The van der Waals surface area contributed by atoms with Gasteiger partial charge >= 0.3 is 12.1 Å². The Morgan fingerprint density at radius 1 is 1.40 bits per heavy atom. The number of pyridine rings is 1. The van der Waals surface area contributed by atoms with E-state index in [1.165, 1.54) is 18.5 Å². The van der Waals surface area contributed by atoms with Gasteiger partial charge < -0.3 is 14.3 Å². The molecular weight excluding hydrogens is 264 g/mol. The Morgan fingerprint density at radius 2 is 2.10 bits per heavy atom. The fraction of sp³-hybridized carbons (Fsp3) is 0.308. The number of nitrogens with zero attached hydrogens (tertiary/aromatic N) is 1. The number of carboxylic acid groups (broad SMARTS) is 1. The third-order valence-corrected chi connectivity index (χ3v) is 2.31. The summed E-state index contributed by atoms with van der Waals surface area (Å²) in [6.45, 7) is 5.12. The molecule has 2 aromatic rings. The van der Waals surface area contributed by atoms with Gasteiger partial charge in [0.15, 0.2) is 0 Å². The molecule has 7 heteroatoms. The quantitative estimate of drug-likeness (QED) is 0.875. The molecule has 0 aliphatic carbocycles. The van der Waals surface area contributed by atoms with Crippen molar-refractivity contribution in [3.63, 3.8) is 0 Å². The molecule has 106 valence electrons. The van der Waals surface area contributed by atoms with Crippen molar-refractivity contribution in [1.82, 2.24) is 4.98 Å². The zero-order valence-corrected chi connectivity index (χ0v) is 11.3. The number of furan rings is 1.